The summed E-state index contributed by atoms with van der Waals surface area (Å²) in [6, 6.07) is 105. The first-order valence-corrected chi connectivity index (χ1v) is 34.2. The van der Waals surface area contributed by atoms with Crippen molar-refractivity contribution in [2.75, 3.05) is 0 Å². The van der Waals surface area contributed by atoms with Crippen molar-refractivity contribution in [3.63, 3.8) is 0 Å². The van der Waals surface area contributed by atoms with Crippen LogP contribution in [0.5, 0.6) is 0 Å². The molecule has 0 aliphatic carbocycles. The number of aryl methyl sites for hydroxylation is 5. The molecule has 1 N–H and O–H groups in total. The van der Waals surface area contributed by atoms with Crippen LogP contribution in [-0.2, 0) is 112 Å². The van der Waals surface area contributed by atoms with E-state index < -0.39 is 0 Å². The second-order valence-corrected chi connectivity index (χ2v) is 25.3. The molecule has 9 aromatic carbocycles. The van der Waals surface area contributed by atoms with Gasteiger partial charge in [-0.05, 0) is 138 Å². The van der Waals surface area contributed by atoms with Gasteiger partial charge in [0, 0.05) is 131 Å². The molecule has 549 valence electrons. The number of benzene rings is 9. The molecule has 106 heavy (non-hydrogen) atoms. The normalized spacial score (nSPS) is 10.2. The molecule has 0 amide bonds. The zero-order valence-electron chi connectivity index (χ0n) is 61.3. The predicted molar refractivity (Wildman–Crippen MR) is 420 cm³/mol. The number of hydrogen-bond acceptors (Lipinski definition) is 7. The number of fused-ring (bicyclic) bond motifs is 1. The molecule has 5 aromatic heterocycles. The molecule has 14 rings (SSSR count). The summed E-state index contributed by atoms with van der Waals surface area (Å²) in [5.74, 6) is 0.980. The average Bonchev–Trinajstić information content (AvgIpc) is 0.827. The minimum absolute atomic E-state index is 0. The summed E-state index contributed by atoms with van der Waals surface area (Å²) in [4.78, 5) is 32.2. The van der Waals surface area contributed by atoms with Gasteiger partial charge in [-0.25, -0.2) is 0 Å². The summed E-state index contributed by atoms with van der Waals surface area (Å²) in [6.45, 7) is 22.4. The van der Waals surface area contributed by atoms with Crippen LogP contribution in [0.4, 0.5) is 0 Å². The van der Waals surface area contributed by atoms with Gasteiger partial charge < -0.3 is 25.0 Å². The fraction of sp³-hybridized carbons (Fsp3) is 0.149. The van der Waals surface area contributed by atoms with Gasteiger partial charge in [0.25, 0.3) is 0 Å². The van der Waals surface area contributed by atoms with Crippen LogP contribution in [0.25, 0.3) is 101 Å². The molecule has 0 saturated heterocycles. The number of aliphatic hydroxyl groups excluding tert-OH is 1. The van der Waals surface area contributed by atoms with Crippen molar-refractivity contribution in [2.45, 2.75) is 94.4 Å². The third kappa shape index (κ3) is 28.3. The Morgan fingerprint density at radius 2 is 0.849 bits per heavy atom. The Balaban J connectivity index is 0.000000274. The number of allylic oxidation sites excluding steroid dienone is 2. The largest absolute Gasteiger partial charge is 0.512 e. The second-order valence-electron chi connectivity index (χ2n) is 25.3. The van der Waals surface area contributed by atoms with Crippen LogP contribution in [-0.4, -0.2) is 35.8 Å². The number of nitrogens with zero attached hydrogens (tertiary/aromatic N) is 5. The fourth-order valence-corrected chi connectivity index (χ4v) is 11.2. The van der Waals surface area contributed by atoms with Crippen molar-refractivity contribution >= 4 is 16.7 Å². The standard InChI is InChI=1S/C23H24N.2C19H16N.C17H14N.C11H8N.C5H8O2.5Ir/c1-16(2)20-13-21(17(3)4)15-22(14-20)18-8-7-9-19(12-18)23-10-5-6-11-24-23;1-14-10-15(2)12-18(11-14)16-6-5-7-17(13-16)19-8-3-4-9-20-19;1-2-15-11-12-20-19(13-15)18-10-6-9-17(14-18)16-7-4-3-5-8-16;1-12-9-13(2)11-15(10-12)17-8-7-14-5-3-4-6-16(14)18-17;1-2-6-10(7-3-1)11-8-4-5-9-12-11;1-4(6)3-5(2)7;;;;;/h5-8,10-17H,1-4H3;3-6,8-13H,1-2H3;3-9,11-14H,2H2,1H3;3-10H,1-2H3;1-6,8-9H;3,6H,1-2H3;;;;;/q5*-1;;;;;;. The SMILES string of the molecule is CC(=O)C=C(C)O.CC(C)c1cc(-c2cc[c-]c(-c3ccccn3)c2)cc(C(C)C)c1.CCc1ccnc(-c2[c-]ccc(-c3ccccc3)c2)c1.Cc1[c-]c(-c2ccc3ccccc3n2)cc(C)c1.Cc1cc(C)cc(-c2cc[c-]c(-c3ccccn3)c2)c1.[Ir].[Ir].[Ir].[Ir].[Ir].[c-]1ccccc1-c1ccccn1. The second kappa shape index (κ2) is 46.5. The van der Waals surface area contributed by atoms with E-state index >= 15 is 0 Å². The molecule has 5 radical (unpaired) electrons. The molecule has 0 spiro atoms. The van der Waals surface area contributed by atoms with Crippen LogP contribution in [0.1, 0.15) is 99.2 Å². The van der Waals surface area contributed by atoms with Crippen LogP contribution < -0.4 is 0 Å². The summed E-state index contributed by atoms with van der Waals surface area (Å²) < 4.78 is 0. The maximum atomic E-state index is 10.0. The molecule has 0 saturated carbocycles. The van der Waals surface area contributed by atoms with E-state index in [9.17, 15) is 4.79 Å². The van der Waals surface area contributed by atoms with Crippen LogP contribution in [0.3, 0.4) is 0 Å². The third-order valence-electron chi connectivity index (χ3n) is 16.2. The molecular formula is C94H86Ir5N5O2-5. The minimum Gasteiger partial charge on any atom is -0.512 e. The molecule has 14 aromatic rings. The number of ketones is 1. The van der Waals surface area contributed by atoms with Gasteiger partial charge in [-0.1, -0.05) is 205 Å². The third-order valence-corrected chi connectivity index (χ3v) is 16.2. The summed E-state index contributed by atoms with van der Waals surface area (Å²) in [6.07, 6.45) is 9.49. The van der Waals surface area contributed by atoms with E-state index in [0.717, 1.165) is 73.8 Å². The van der Waals surface area contributed by atoms with Gasteiger partial charge in [0.05, 0.1) is 11.3 Å². The topological polar surface area (TPSA) is 102 Å². The van der Waals surface area contributed by atoms with Crippen LogP contribution in [0, 0.1) is 58.0 Å². The molecule has 0 aliphatic rings. The first-order chi connectivity index (χ1) is 48.9. The van der Waals surface area contributed by atoms with Crippen LogP contribution in [0.2, 0.25) is 0 Å². The Morgan fingerprint density at radius 1 is 0.387 bits per heavy atom. The summed E-state index contributed by atoms with van der Waals surface area (Å²) in [5, 5.41) is 9.53. The van der Waals surface area contributed by atoms with Crippen LogP contribution in [0.15, 0.2) is 297 Å². The minimum atomic E-state index is -0.125. The van der Waals surface area contributed by atoms with E-state index in [0.29, 0.717) is 11.8 Å². The summed E-state index contributed by atoms with van der Waals surface area (Å²) in [7, 11) is 0. The van der Waals surface area contributed by atoms with E-state index in [2.05, 4.69) is 252 Å². The zero-order chi connectivity index (χ0) is 71.5. The van der Waals surface area contributed by atoms with Crippen molar-refractivity contribution in [2.24, 2.45) is 0 Å². The maximum absolute atomic E-state index is 10.0. The van der Waals surface area contributed by atoms with Gasteiger partial charge in [-0.3, -0.25) is 9.78 Å². The van der Waals surface area contributed by atoms with Gasteiger partial charge in [-0.2, -0.15) is 0 Å². The monoisotopic (exact) mass is 2280 g/mol. The Hall–Kier alpha value is -8.55. The van der Waals surface area contributed by atoms with Gasteiger partial charge in [0.2, 0.25) is 0 Å². The van der Waals surface area contributed by atoms with Crippen LogP contribution >= 0.6 is 0 Å². The van der Waals surface area contributed by atoms with E-state index in [1.807, 2.05) is 140 Å². The molecule has 0 bridgehead atoms. The number of rotatable bonds is 12. The zero-order valence-corrected chi connectivity index (χ0v) is 73.3. The van der Waals surface area contributed by atoms with Crippen molar-refractivity contribution in [1.82, 2.24) is 24.9 Å². The molecule has 5 heterocycles. The molecule has 0 unspecified atom stereocenters. The first kappa shape index (κ1) is 89.8. The van der Waals surface area contributed by atoms with E-state index in [1.54, 1.807) is 6.20 Å². The summed E-state index contributed by atoms with van der Waals surface area (Å²) in [5.41, 5.74) is 27.5. The Kier molecular flexibility index (Phi) is 39.4. The van der Waals surface area contributed by atoms with Gasteiger partial charge in [0.15, 0.2) is 5.78 Å². The average molecular weight is 2280 g/mol. The van der Waals surface area contributed by atoms with Gasteiger partial charge in [0.1, 0.15) is 0 Å². The Bertz CT molecular complexity index is 4880. The van der Waals surface area contributed by atoms with E-state index in [-0.39, 0.29) is 112 Å². The molecular weight excluding hydrogens is 2190 g/mol. The quantitative estimate of drug-likeness (QED) is 0.0738. The van der Waals surface area contributed by atoms with Crippen molar-refractivity contribution in [3.05, 3.63) is 367 Å². The molecule has 0 atom stereocenters. The summed E-state index contributed by atoms with van der Waals surface area (Å²) >= 11 is 0. The van der Waals surface area contributed by atoms with Gasteiger partial charge in [-0.15, -0.1) is 177 Å². The number of para-hydroxylation sites is 1. The maximum Gasteiger partial charge on any atom is 0.155 e. The number of carbonyl (C=O) groups is 1. The van der Waals surface area contributed by atoms with Crippen molar-refractivity contribution in [1.29, 1.82) is 0 Å². The van der Waals surface area contributed by atoms with Crippen molar-refractivity contribution < 1.29 is 110 Å². The van der Waals surface area contributed by atoms with Gasteiger partial charge >= 0.3 is 0 Å². The number of hydrogen-bond donors (Lipinski definition) is 1. The fourth-order valence-electron chi connectivity index (χ4n) is 11.2. The first-order valence-electron chi connectivity index (χ1n) is 34.2. The van der Waals surface area contributed by atoms with Crippen molar-refractivity contribution in [3.8, 4) is 89.7 Å². The predicted octanol–water partition coefficient (Wildman–Crippen LogP) is 24.0. The molecule has 7 nitrogen and oxygen atoms in total. The Labute approximate surface area is 696 Å². The van der Waals surface area contributed by atoms with E-state index in [4.69, 9.17) is 10.1 Å². The number of carbonyl (C=O) groups excluding carboxylic acids is 1. The molecule has 0 aliphatic heterocycles. The number of aliphatic hydroxyl groups is 1. The smallest absolute Gasteiger partial charge is 0.155 e. The molecule has 12 heteroatoms. The number of aromatic nitrogens is 5. The number of pyridine rings is 5. The molecule has 0 fully saturated rings. The Morgan fingerprint density at radius 3 is 1.32 bits per heavy atom. The van der Waals surface area contributed by atoms with E-state index in [1.165, 1.54) is 92.1 Å².